The Morgan fingerprint density at radius 1 is 1.14 bits per heavy atom. The number of methoxy groups -OCH3 is 1. The first-order valence-corrected chi connectivity index (χ1v) is 10.4. The van der Waals surface area contributed by atoms with Gasteiger partial charge in [0.2, 0.25) is 10.0 Å². The number of nitrogens with zero attached hydrogens (tertiary/aromatic N) is 1. The van der Waals surface area contributed by atoms with E-state index in [1.165, 1.54) is 36.7 Å². The van der Waals surface area contributed by atoms with E-state index < -0.39 is 21.1 Å². The van der Waals surface area contributed by atoms with Crippen molar-refractivity contribution in [2.45, 2.75) is 12.2 Å². The molecule has 3 aromatic rings. The van der Waals surface area contributed by atoms with E-state index in [0.29, 0.717) is 11.4 Å². The lowest BCUT2D eigenvalue weighted by Crippen LogP contribution is -2.30. The van der Waals surface area contributed by atoms with Crippen molar-refractivity contribution in [3.05, 3.63) is 83.3 Å². The van der Waals surface area contributed by atoms with Crippen LogP contribution >= 0.6 is 0 Å². The van der Waals surface area contributed by atoms with Gasteiger partial charge in [-0.15, -0.1) is 0 Å². The summed E-state index contributed by atoms with van der Waals surface area (Å²) in [6, 6.07) is 13.4. The molecule has 152 valence electrons. The minimum atomic E-state index is -3.72. The van der Waals surface area contributed by atoms with Crippen LogP contribution in [0.15, 0.2) is 60.8 Å². The highest BCUT2D eigenvalue weighted by Gasteiger charge is 2.29. The van der Waals surface area contributed by atoms with E-state index in [2.05, 4.69) is 4.98 Å². The van der Waals surface area contributed by atoms with Crippen LogP contribution in [0.5, 0.6) is 5.75 Å². The van der Waals surface area contributed by atoms with Crippen LogP contribution in [0.25, 0.3) is 0 Å². The van der Waals surface area contributed by atoms with Gasteiger partial charge >= 0.3 is 0 Å². The van der Waals surface area contributed by atoms with Crippen molar-refractivity contribution in [3.8, 4) is 5.75 Å². The molecule has 0 aliphatic rings. The highest BCUT2D eigenvalue weighted by molar-refractivity contribution is 7.93. The fourth-order valence-electron chi connectivity index (χ4n) is 3.00. The molecule has 6 nitrogen and oxygen atoms in total. The number of hydrogen-bond acceptors (Lipinski definition) is 4. The third kappa shape index (κ3) is 4.02. The minimum Gasteiger partial charge on any atom is -0.496 e. The summed E-state index contributed by atoms with van der Waals surface area (Å²) >= 11 is 0. The standard InChI is InChI=1S/C21H21FN2O4S/c1-14(29(26,27)24(2)20-8-5-11-23-20)15-6-4-7-16(12-15)21(25)18-10-9-17(22)13-19(18)28-3/h4-14,23H,1-3H3. The number of H-pyrrole nitrogens is 1. The molecule has 0 saturated heterocycles. The van der Waals surface area contributed by atoms with Crippen molar-refractivity contribution >= 4 is 21.6 Å². The van der Waals surface area contributed by atoms with Crippen molar-refractivity contribution in [3.63, 3.8) is 0 Å². The number of rotatable bonds is 7. The van der Waals surface area contributed by atoms with Crippen molar-refractivity contribution in [1.29, 1.82) is 0 Å². The molecule has 1 unspecified atom stereocenters. The van der Waals surface area contributed by atoms with Gasteiger partial charge in [0.15, 0.2) is 5.78 Å². The van der Waals surface area contributed by atoms with Crippen LogP contribution in [0.3, 0.4) is 0 Å². The van der Waals surface area contributed by atoms with Crippen LogP contribution in [0.2, 0.25) is 0 Å². The van der Waals surface area contributed by atoms with E-state index in [4.69, 9.17) is 4.74 Å². The second-order valence-electron chi connectivity index (χ2n) is 6.51. The van der Waals surface area contributed by atoms with Gasteiger partial charge in [-0.1, -0.05) is 18.2 Å². The number of anilines is 1. The Morgan fingerprint density at radius 3 is 2.55 bits per heavy atom. The van der Waals surface area contributed by atoms with E-state index >= 15 is 0 Å². The Bertz CT molecular complexity index is 1130. The van der Waals surface area contributed by atoms with E-state index in [1.54, 1.807) is 43.5 Å². The molecule has 0 fully saturated rings. The highest BCUT2D eigenvalue weighted by Crippen LogP contribution is 2.29. The minimum absolute atomic E-state index is 0.118. The number of ether oxygens (including phenoxy) is 1. The molecule has 0 amide bonds. The van der Waals surface area contributed by atoms with Gasteiger partial charge in [-0.2, -0.15) is 0 Å². The molecule has 0 radical (unpaired) electrons. The van der Waals surface area contributed by atoms with Gasteiger partial charge in [0.05, 0.1) is 12.7 Å². The zero-order valence-electron chi connectivity index (χ0n) is 16.2. The maximum absolute atomic E-state index is 13.4. The Labute approximate surface area is 169 Å². The number of benzene rings is 2. The summed E-state index contributed by atoms with van der Waals surface area (Å²) in [4.78, 5) is 15.8. The number of carbonyl (C=O) groups excluding carboxylic acids is 1. The van der Waals surface area contributed by atoms with Crippen LogP contribution in [-0.2, 0) is 10.0 Å². The third-order valence-corrected chi connectivity index (χ3v) is 6.90. The maximum atomic E-state index is 13.4. The summed E-state index contributed by atoms with van der Waals surface area (Å²) < 4.78 is 45.7. The van der Waals surface area contributed by atoms with Gasteiger partial charge in [0.25, 0.3) is 0 Å². The fourth-order valence-corrected chi connectivity index (χ4v) is 4.36. The Kier molecular flexibility index (Phi) is 5.74. The molecule has 1 heterocycles. The van der Waals surface area contributed by atoms with Crippen LogP contribution in [0.1, 0.15) is 33.7 Å². The molecule has 0 spiro atoms. The molecule has 1 N–H and O–H groups in total. The van der Waals surface area contributed by atoms with E-state index in [-0.39, 0.29) is 22.7 Å². The van der Waals surface area contributed by atoms with Gasteiger partial charge in [0.1, 0.15) is 22.6 Å². The summed E-state index contributed by atoms with van der Waals surface area (Å²) in [5, 5.41) is -0.890. The number of nitrogens with one attached hydrogen (secondary N) is 1. The number of hydrogen-bond donors (Lipinski definition) is 1. The van der Waals surface area contributed by atoms with Crippen LogP contribution in [0.4, 0.5) is 10.2 Å². The van der Waals surface area contributed by atoms with Crippen molar-refractivity contribution in [1.82, 2.24) is 4.98 Å². The lowest BCUT2D eigenvalue weighted by Gasteiger charge is -2.23. The molecule has 1 aromatic heterocycles. The quantitative estimate of drug-likeness (QED) is 0.592. The normalized spacial score (nSPS) is 12.4. The number of carbonyl (C=O) groups is 1. The largest absolute Gasteiger partial charge is 0.496 e. The maximum Gasteiger partial charge on any atom is 0.242 e. The topological polar surface area (TPSA) is 79.5 Å². The van der Waals surface area contributed by atoms with Crippen molar-refractivity contribution in [2.75, 3.05) is 18.5 Å². The van der Waals surface area contributed by atoms with E-state index in [9.17, 15) is 17.6 Å². The first-order chi connectivity index (χ1) is 13.8. The number of sulfonamides is 1. The van der Waals surface area contributed by atoms with Gasteiger partial charge in [-0.05, 0) is 42.8 Å². The SMILES string of the molecule is COc1cc(F)ccc1C(=O)c1cccc(C(C)S(=O)(=O)N(C)c2ccc[nH]2)c1. The average Bonchev–Trinajstić information content (AvgIpc) is 3.26. The molecule has 3 rings (SSSR count). The third-order valence-electron chi connectivity index (χ3n) is 4.78. The second kappa shape index (κ2) is 8.08. The molecule has 8 heteroatoms. The molecular formula is C21H21FN2O4S. The molecule has 0 aliphatic heterocycles. The van der Waals surface area contributed by atoms with Crippen molar-refractivity contribution < 1.29 is 22.3 Å². The second-order valence-corrected chi connectivity index (χ2v) is 8.79. The number of aromatic amines is 1. The Morgan fingerprint density at radius 2 is 1.90 bits per heavy atom. The molecule has 29 heavy (non-hydrogen) atoms. The predicted molar refractivity (Wildman–Crippen MR) is 109 cm³/mol. The summed E-state index contributed by atoms with van der Waals surface area (Å²) in [7, 11) is -0.902. The lowest BCUT2D eigenvalue weighted by molar-refractivity contribution is 0.103. The highest BCUT2D eigenvalue weighted by atomic mass is 32.2. The van der Waals surface area contributed by atoms with E-state index in [1.807, 2.05) is 0 Å². The molecule has 0 bridgehead atoms. The van der Waals surface area contributed by atoms with Gasteiger partial charge < -0.3 is 9.72 Å². The zero-order chi connectivity index (χ0) is 21.2. The molecule has 2 aromatic carbocycles. The van der Waals surface area contributed by atoms with Gasteiger partial charge in [-0.3, -0.25) is 9.10 Å². The van der Waals surface area contributed by atoms with Crippen LogP contribution in [0, 0.1) is 5.82 Å². The summed E-state index contributed by atoms with van der Waals surface area (Å²) in [5.41, 5.74) is 0.956. The molecule has 1 atom stereocenters. The molecule has 0 aliphatic carbocycles. The Balaban J connectivity index is 1.94. The Hall–Kier alpha value is -3.13. The number of ketones is 1. The molecular weight excluding hydrogens is 395 g/mol. The monoisotopic (exact) mass is 416 g/mol. The average molecular weight is 416 g/mol. The fraction of sp³-hybridized carbons (Fsp3) is 0.190. The summed E-state index contributed by atoms with van der Waals surface area (Å²) in [6.45, 7) is 1.57. The van der Waals surface area contributed by atoms with Crippen LogP contribution < -0.4 is 9.04 Å². The first kappa shape index (κ1) is 20.6. The number of aromatic nitrogens is 1. The number of halogens is 1. The summed E-state index contributed by atoms with van der Waals surface area (Å²) in [5.74, 6) is -0.335. The predicted octanol–water partition coefficient (Wildman–Crippen LogP) is 3.92. The van der Waals surface area contributed by atoms with Gasteiger partial charge in [-0.25, -0.2) is 12.8 Å². The van der Waals surface area contributed by atoms with Gasteiger partial charge in [0, 0.05) is 24.9 Å². The first-order valence-electron chi connectivity index (χ1n) is 8.85. The summed E-state index contributed by atoms with van der Waals surface area (Å²) in [6.07, 6.45) is 1.64. The zero-order valence-corrected chi connectivity index (χ0v) is 17.0. The van der Waals surface area contributed by atoms with E-state index in [0.717, 1.165) is 6.07 Å². The smallest absolute Gasteiger partial charge is 0.242 e. The lowest BCUT2D eigenvalue weighted by atomic mass is 9.99. The van der Waals surface area contributed by atoms with Crippen LogP contribution in [-0.4, -0.2) is 33.3 Å². The molecule has 0 saturated carbocycles. The van der Waals surface area contributed by atoms with Crippen molar-refractivity contribution in [2.24, 2.45) is 0 Å².